The molecule has 0 fully saturated rings. The van der Waals surface area contributed by atoms with Gasteiger partial charge in [-0.05, 0) is 32.0 Å². The molecule has 2 aromatic carbocycles. The molecule has 0 spiro atoms. The van der Waals surface area contributed by atoms with Gasteiger partial charge in [0.15, 0.2) is 0 Å². The van der Waals surface area contributed by atoms with Crippen molar-refractivity contribution in [3.63, 3.8) is 0 Å². The van der Waals surface area contributed by atoms with Crippen molar-refractivity contribution < 1.29 is 18.0 Å². The monoisotopic (exact) mass is 405 g/mol. The maximum Gasteiger partial charge on any atom is 0.451 e. The van der Waals surface area contributed by atoms with E-state index in [-0.39, 0.29) is 16.4 Å². The third-order valence-corrected chi connectivity index (χ3v) is 5.20. The van der Waals surface area contributed by atoms with Gasteiger partial charge in [-0.25, -0.2) is 9.97 Å². The van der Waals surface area contributed by atoms with Gasteiger partial charge in [0.05, 0.1) is 10.8 Å². The van der Waals surface area contributed by atoms with E-state index in [0.29, 0.717) is 11.9 Å². The molecule has 0 N–H and O–H groups in total. The lowest BCUT2D eigenvalue weighted by Gasteiger charge is -2.24. The number of thioether (sulfide) groups is 1. The molecule has 0 aliphatic carbocycles. The highest BCUT2D eigenvalue weighted by Gasteiger charge is 2.36. The summed E-state index contributed by atoms with van der Waals surface area (Å²) in [7, 11) is 0. The number of carbonyl (C=O) groups is 1. The van der Waals surface area contributed by atoms with Crippen molar-refractivity contribution >= 4 is 34.3 Å². The summed E-state index contributed by atoms with van der Waals surface area (Å²) >= 11 is 1.01. The zero-order valence-corrected chi connectivity index (χ0v) is 16.1. The Balaban J connectivity index is 1.94. The van der Waals surface area contributed by atoms with Gasteiger partial charge in [-0.15, -0.1) is 0 Å². The number of amides is 1. The second-order valence-corrected chi connectivity index (χ2v) is 7.37. The van der Waals surface area contributed by atoms with E-state index >= 15 is 0 Å². The van der Waals surface area contributed by atoms with Gasteiger partial charge in [0.2, 0.25) is 11.7 Å². The molecule has 0 aliphatic rings. The lowest BCUT2D eigenvalue weighted by atomic mass is 10.2. The highest BCUT2D eigenvalue weighted by Crippen LogP contribution is 2.34. The van der Waals surface area contributed by atoms with Crippen LogP contribution in [0.2, 0.25) is 0 Å². The highest BCUT2D eigenvalue weighted by molar-refractivity contribution is 8.00. The van der Waals surface area contributed by atoms with Gasteiger partial charge >= 0.3 is 6.18 Å². The van der Waals surface area contributed by atoms with Crippen molar-refractivity contribution in [3.05, 3.63) is 60.4 Å². The molecule has 28 heavy (non-hydrogen) atoms. The van der Waals surface area contributed by atoms with Gasteiger partial charge in [0.25, 0.3) is 0 Å². The SMILES string of the molecule is CCN(C(=O)C(C)Sc1nc(C(F)(F)F)nc2ccccc12)c1ccccc1. The summed E-state index contributed by atoms with van der Waals surface area (Å²) in [4.78, 5) is 21.9. The van der Waals surface area contributed by atoms with Crippen molar-refractivity contribution in [2.24, 2.45) is 0 Å². The maximum atomic E-state index is 13.2. The summed E-state index contributed by atoms with van der Waals surface area (Å²) in [5.41, 5.74) is 0.938. The number of rotatable bonds is 5. The minimum absolute atomic E-state index is 0.142. The minimum atomic E-state index is -4.66. The molecule has 1 atom stereocenters. The quantitative estimate of drug-likeness (QED) is 0.433. The van der Waals surface area contributed by atoms with E-state index < -0.39 is 17.3 Å². The average molecular weight is 405 g/mol. The number of alkyl halides is 3. The molecule has 3 rings (SSSR count). The first-order chi connectivity index (χ1) is 13.3. The first-order valence-electron chi connectivity index (χ1n) is 8.68. The summed E-state index contributed by atoms with van der Waals surface area (Å²) in [6.45, 7) is 3.97. The minimum Gasteiger partial charge on any atom is -0.312 e. The second-order valence-electron chi connectivity index (χ2n) is 6.05. The summed E-state index contributed by atoms with van der Waals surface area (Å²) < 4.78 is 39.6. The topological polar surface area (TPSA) is 46.1 Å². The predicted molar refractivity (Wildman–Crippen MR) is 104 cm³/mol. The Labute approximate surface area is 164 Å². The Morgan fingerprint density at radius 3 is 2.36 bits per heavy atom. The second kappa shape index (κ2) is 8.18. The van der Waals surface area contributed by atoms with E-state index in [1.165, 1.54) is 6.07 Å². The molecular formula is C20H18F3N3OS. The first-order valence-corrected chi connectivity index (χ1v) is 9.56. The van der Waals surface area contributed by atoms with E-state index in [4.69, 9.17) is 0 Å². The van der Waals surface area contributed by atoms with E-state index in [9.17, 15) is 18.0 Å². The summed E-state index contributed by atoms with van der Waals surface area (Å²) in [5.74, 6) is -1.40. The van der Waals surface area contributed by atoms with Gasteiger partial charge in [0.1, 0.15) is 5.03 Å². The molecule has 1 amide bonds. The Morgan fingerprint density at radius 1 is 1.07 bits per heavy atom. The summed E-state index contributed by atoms with van der Waals surface area (Å²) in [5, 5.41) is 0.00495. The molecular weight excluding hydrogens is 387 g/mol. The largest absolute Gasteiger partial charge is 0.451 e. The van der Waals surface area contributed by atoms with Crippen LogP contribution in [-0.4, -0.2) is 27.7 Å². The zero-order chi connectivity index (χ0) is 20.3. The van der Waals surface area contributed by atoms with Crippen LogP contribution in [0.4, 0.5) is 18.9 Å². The number of anilines is 1. The number of hydrogen-bond donors (Lipinski definition) is 0. The van der Waals surface area contributed by atoms with Crippen LogP contribution < -0.4 is 4.90 Å². The Hall–Kier alpha value is -2.61. The van der Waals surface area contributed by atoms with Gasteiger partial charge in [0, 0.05) is 17.6 Å². The van der Waals surface area contributed by atoms with E-state index in [2.05, 4.69) is 9.97 Å². The number of fused-ring (bicyclic) bond motifs is 1. The molecule has 146 valence electrons. The third kappa shape index (κ3) is 4.27. The van der Waals surface area contributed by atoms with Gasteiger partial charge in [-0.2, -0.15) is 13.2 Å². The normalized spacial score (nSPS) is 12.8. The Bertz CT molecular complexity index is 979. The van der Waals surface area contributed by atoms with Crippen molar-refractivity contribution in [3.8, 4) is 0 Å². The average Bonchev–Trinajstić information content (AvgIpc) is 2.68. The van der Waals surface area contributed by atoms with Crippen LogP contribution in [0.5, 0.6) is 0 Å². The fourth-order valence-corrected chi connectivity index (χ4v) is 3.78. The molecule has 1 unspecified atom stereocenters. The van der Waals surface area contributed by atoms with Crippen LogP contribution in [-0.2, 0) is 11.0 Å². The van der Waals surface area contributed by atoms with Crippen LogP contribution >= 0.6 is 11.8 Å². The fourth-order valence-electron chi connectivity index (χ4n) is 2.77. The molecule has 1 heterocycles. The van der Waals surface area contributed by atoms with Crippen molar-refractivity contribution in [1.82, 2.24) is 9.97 Å². The predicted octanol–water partition coefficient (Wildman–Crippen LogP) is 5.18. The first kappa shape index (κ1) is 20.1. The molecule has 0 saturated carbocycles. The molecule has 8 heteroatoms. The van der Waals surface area contributed by atoms with E-state index in [1.807, 2.05) is 37.3 Å². The van der Waals surface area contributed by atoms with Crippen LogP contribution in [0, 0.1) is 0 Å². The van der Waals surface area contributed by atoms with Gasteiger partial charge in [-0.1, -0.05) is 48.2 Å². The van der Waals surface area contributed by atoms with E-state index in [1.54, 1.807) is 30.0 Å². The molecule has 0 saturated heterocycles. The number of carbonyl (C=O) groups excluding carboxylic acids is 1. The lowest BCUT2D eigenvalue weighted by Crippen LogP contribution is -2.36. The summed E-state index contributed by atoms with van der Waals surface area (Å²) in [6, 6.07) is 15.6. The number of halogens is 3. The van der Waals surface area contributed by atoms with Crippen LogP contribution in [0.3, 0.4) is 0 Å². The Kier molecular flexibility index (Phi) is 5.88. The molecule has 3 aromatic rings. The molecule has 0 radical (unpaired) electrons. The van der Waals surface area contributed by atoms with Crippen molar-refractivity contribution in [2.45, 2.75) is 30.3 Å². The third-order valence-electron chi connectivity index (χ3n) is 4.11. The Morgan fingerprint density at radius 2 is 1.71 bits per heavy atom. The van der Waals surface area contributed by atoms with Gasteiger partial charge in [-0.3, -0.25) is 4.79 Å². The van der Waals surface area contributed by atoms with E-state index in [0.717, 1.165) is 17.4 Å². The van der Waals surface area contributed by atoms with Crippen molar-refractivity contribution in [1.29, 1.82) is 0 Å². The maximum absolute atomic E-state index is 13.2. The number of aromatic nitrogens is 2. The molecule has 0 bridgehead atoms. The summed E-state index contributed by atoms with van der Waals surface area (Å²) in [6.07, 6.45) is -4.66. The lowest BCUT2D eigenvalue weighted by molar-refractivity contribution is -0.145. The zero-order valence-electron chi connectivity index (χ0n) is 15.3. The van der Waals surface area contributed by atoms with Crippen LogP contribution in [0.1, 0.15) is 19.7 Å². The smallest absolute Gasteiger partial charge is 0.312 e. The number of hydrogen-bond acceptors (Lipinski definition) is 4. The standard InChI is InChI=1S/C20H18F3N3OS/c1-3-26(14-9-5-4-6-10-14)18(27)13(2)28-17-15-11-7-8-12-16(15)24-19(25-17)20(21,22)23/h4-13H,3H2,1-2H3. The van der Waals surface area contributed by atoms with Crippen LogP contribution in [0.25, 0.3) is 10.9 Å². The van der Waals surface area contributed by atoms with Gasteiger partial charge < -0.3 is 4.90 Å². The molecule has 4 nitrogen and oxygen atoms in total. The van der Waals surface area contributed by atoms with Crippen molar-refractivity contribution in [2.75, 3.05) is 11.4 Å². The fraction of sp³-hybridized carbons (Fsp3) is 0.250. The number of benzene rings is 2. The number of nitrogens with zero attached hydrogens (tertiary/aromatic N) is 3. The number of para-hydroxylation sites is 2. The molecule has 1 aromatic heterocycles. The molecule has 0 aliphatic heterocycles. The highest BCUT2D eigenvalue weighted by atomic mass is 32.2. The van der Waals surface area contributed by atoms with Crippen LogP contribution in [0.15, 0.2) is 59.6 Å².